The molecule has 3 amide bonds. The average Bonchev–Trinajstić information content (AvgIpc) is 3.04. The number of imide groups is 1. The number of nitrogens with zero attached hydrogens (tertiary/aromatic N) is 3. The highest BCUT2D eigenvalue weighted by molar-refractivity contribution is 7.89. The van der Waals surface area contributed by atoms with Crippen LogP contribution in [-0.2, 0) is 21.2 Å². The maximum atomic E-state index is 12.9. The number of carbonyl (C=O) groups is 3. The predicted molar refractivity (Wildman–Crippen MR) is 113 cm³/mol. The molecule has 0 unspecified atom stereocenters. The maximum Gasteiger partial charge on any atom is 0.262 e. The lowest BCUT2D eigenvalue weighted by molar-refractivity contribution is -0.132. The molecule has 0 saturated carbocycles. The van der Waals surface area contributed by atoms with Crippen LogP contribution in [0.2, 0.25) is 0 Å². The summed E-state index contributed by atoms with van der Waals surface area (Å²) in [5.74, 6) is -1.34. The Kier molecular flexibility index (Phi) is 5.63. The Labute approximate surface area is 181 Å². The van der Waals surface area contributed by atoms with Crippen LogP contribution in [0.1, 0.15) is 33.2 Å². The van der Waals surface area contributed by atoms with Crippen LogP contribution in [0.25, 0.3) is 0 Å². The van der Waals surface area contributed by atoms with E-state index in [1.54, 1.807) is 48.5 Å². The molecule has 0 atom stereocenters. The van der Waals surface area contributed by atoms with Crippen LogP contribution in [-0.4, -0.2) is 73.0 Å². The summed E-state index contributed by atoms with van der Waals surface area (Å²) in [6.45, 7) is 2.37. The number of piperazine rings is 1. The van der Waals surface area contributed by atoms with E-state index in [1.807, 2.05) is 6.92 Å². The summed E-state index contributed by atoms with van der Waals surface area (Å²) in [7, 11) is -3.64. The molecule has 0 spiro atoms. The number of carbonyl (C=O) groups excluding carboxylic acids is 3. The number of amides is 3. The lowest BCUT2D eigenvalue weighted by atomic mass is 10.1. The summed E-state index contributed by atoms with van der Waals surface area (Å²) in [6, 6.07) is 13.3. The Morgan fingerprint density at radius 1 is 0.871 bits per heavy atom. The third kappa shape index (κ3) is 3.86. The van der Waals surface area contributed by atoms with Gasteiger partial charge in [-0.3, -0.25) is 19.3 Å². The van der Waals surface area contributed by atoms with Crippen LogP contribution < -0.4 is 0 Å². The molecule has 1 saturated heterocycles. The van der Waals surface area contributed by atoms with Gasteiger partial charge in [-0.2, -0.15) is 4.31 Å². The molecule has 2 heterocycles. The molecule has 4 rings (SSSR count). The van der Waals surface area contributed by atoms with E-state index in [2.05, 4.69) is 0 Å². The van der Waals surface area contributed by atoms with Gasteiger partial charge < -0.3 is 4.90 Å². The molecule has 1 fully saturated rings. The fraction of sp³-hybridized carbons (Fsp3) is 0.318. The lowest BCUT2D eigenvalue weighted by Gasteiger charge is -2.34. The van der Waals surface area contributed by atoms with Gasteiger partial charge in [0.25, 0.3) is 11.8 Å². The monoisotopic (exact) mass is 441 g/mol. The Morgan fingerprint density at radius 2 is 1.42 bits per heavy atom. The summed E-state index contributed by atoms with van der Waals surface area (Å²) in [5, 5.41) is 0. The minimum atomic E-state index is -3.64. The van der Waals surface area contributed by atoms with Gasteiger partial charge in [0.1, 0.15) is 6.54 Å². The van der Waals surface area contributed by atoms with Crippen molar-refractivity contribution in [2.45, 2.75) is 18.2 Å². The fourth-order valence-corrected chi connectivity index (χ4v) is 5.26. The van der Waals surface area contributed by atoms with Crippen molar-refractivity contribution in [3.8, 4) is 0 Å². The largest absolute Gasteiger partial charge is 0.338 e. The molecule has 2 aliphatic heterocycles. The van der Waals surface area contributed by atoms with E-state index in [1.165, 1.54) is 9.21 Å². The van der Waals surface area contributed by atoms with Gasteiger partial charge in [-0.1, -0.05) is 31.2 Å². The molecular formula is C22H23N3O5S. The zero-order valence-corrected chi connectivity index (χ0v) is 18.0. The molecule has 31 heavy (non-hydrogen) atoms. The van der Waals surface area contributed by atoms with Crippen molar-refractivity contribution in [1.29, 1.82) is 0 Å². The zero-order chi connectivity index (χ0) is 22.2. The van der Waals surface area contributed by atoms with Gasteiger partial charge >= 0.3 is 0 Å². The van der Waals surface area contributed by atoms with Crippen molar-refractivity contribution in [3.63, 3.8) is 0 Å². The van der Waals surface area contributed by atoms with Crippen LogP contribution in [0.5, 0.6) is 0 Å². The SMILES string of the molecule is CCc1ccc(S(=O)(=O)N2CCN(C(=O)CN3C(=O)c4ccccc4C3=O)CC2)cc1. The Bertz CT molecular complexity index is 1100. The zero-order valence-electron chi connectivity index (χ0n) is 17.2. The van der Waals surface area contributed by atoms with Crippen molar-refractivity contribution in [2.75, 3.05) is 32.7 Å². The number of hydrogen-bond acceptors (Lipinski definition) is 5. The van der Waals surface area contributed by atoms with Gasteiger partial charge in [0.05, 0.1) is 16.0 Å². The quantitative estimate of drug-likeness (QED) is 0.654. The highest BCUT2D eigenvalue weighted by Gasteiger charge is 2.38. The van der Waals surface area contributed by atoms with E-state index >= 15 is 0 Å². The maximum absolute atomic E-state index is 12.9. The van der Waals surface area contributed by atoms with Crippen LogP contribution in [0.15, 0.2) is 53.4 Å². The summed E-state index contributed by atoms with van der Waals surface area (Å²) in [4.78, 5) is 40.3. The number of benzene rings is 2. The van der Waals surface area contributed by atoms with Crippen molar-refractivity contribution < 1.29 is 22.8 Å². The van der Waals surface area contributed by atoms with Crippen molar-refractivity contribution >= 4 is 27.7 Å². The molecule has 9 heteroatoms. The number of hydrogen-bond donors (Lipinski definition) is 0. The number of sulfonamides is 1. The van der Waals surface area contributed by atoms with E-state index in [-0.39, 0.29) is 43.5 Å². The van der Waals surface area contributed by atoms with Gasteiger partial charge in [0.15, 0.2) is 0 Å². The second-order valence-corrected chi connectivity index (χ2v) is 9.46. The Hall–Kier alpha value is -3.04. The summed E-state index contributed by atoms with van der Waals surface area (Å²) in [5.41, 5.74) is 1.65. The van der Waals surface area contributed by atoms with Gasteiger partial charge in [0, 0.05) is 26.2 Å². The van der Waals surface area contributed by atoms with E-state index in [0.717, 1.165) is 16.9 Å². The molecule has 2 aromatic rings. The van der Waals surface area contributed by atoms with Crippen molar-refractivity contribution in [1.82, 2.24) is 14.1 Å². The smallest absolute Gasteiger partial charge is 0.262 e. The van der Waals surface area contributed by atoms with E-state index in [9.17, 15) is 22.8 Å². The van der Waals surface area contributed by atoms with E-state index in [4.69, 9.17) is 0 Å². The Morgan fingerprint density at radius 3 is 1.94 bits per heavy atom. The molecule has 162 valence electrons. The minimum Gasteiger partial charge on any atom is -0.338 e. The molecule has 0 aliphatic carbocycles. The average molecular weight is 442 g/mol. The second kappa shape index (κ2) is 8.24. The number of aryl methyl sites for hydroxylation is 1. The van der Waals surface area contributed by atoms with E-state index < -0.39 is 21.8 Å². The molecule has 2 aliphatic rings. The van der Waals surface area contributed by atoms with Crippen LogP contribution in [0.4, 0.5) is 0 Å². The first-order valence-corrected chi connectivity index (χ1v) is 11.6. The molecule has 0 radical (unpaired) electrons. The molecule has 8 nitrogen and oxygen atoms in total. The minimum absolute atomic E-state index is 0.158. The third-order valence-electron chi connectivity index (χ3n) is 5.73. The third-order valence-corrected chi connectivity index (χ3v) is 7.65. The molecule has 0 bridgehead atoms. The van der Waals surface area contributed by atoms with Gasteiger partial charge in [0.2, 0.25) is 15.9 Å². The van der Waals surface area contributed by atoms with Crippen LogP contribution in [0.3, 0.4) is 0 Å². The van der Waals surface area contributed by atoms with Crippen LogP contribution >= 0.6 is 0 Å². The van der Waals surface area contributed by atoms with Crippen molar-refractivity contribution in [2.24, 2.45) is 0 Å². The molecular weight excluding hydrogens is 418 g/mol. The number of rotatable bonds is 5. The first kappa shape index (κ1) is 21.2. The lowest BCUT2D eigenvalue weighted by Crippen LogP contribution is -2.53. The van der Waals surface area contributed by atoms with Gasteiger partial charge in [-0.15, -0.1) is 0 Å². The van der Waals surface area contributed by atoms with Gasteiger partial charge in [-0.25, -0.2) is 8.42 Å². The number of fused-ring (bicyclic) bond motifs is 1. The summed E-state index contributed by atoms with van der Waals surface area (Å²) >= 11 is 0. The molecule has 0 aromatic heterocycles. The molecule has 2 aromatic carbocycles. The van der Waals surface area contributed by atoms with E-state index in [0.29, 0.717) is 11.1 Å². The molecule has 0 N–H and O–H groups in total. The van der Waals surface area contributed by atoms with Gasteiger partial charge in [-0.05, 0) is 36.2 Å². The highest BCUT2D eigenvalue weighted by Crippen LogP contribution is 2.23. The second-order valence-electron chi connectivity index (χ2n) is 7.52. The Balaban J connectivity index is 1.38. The van der Waals surface area contributed by atoms with Crippen molar-refractivity contribution in [3.05, 3.63) is 65.2 Å². The summed E-state index contributed by atoms with van der Waals surface area (Å²) in [6.07, 6.45) is 0.828. The first-order valence-electron chi connectivity index (χ1n) is 10.1. The first-order chi connectivity index (χ1) is 14.8. The normalized spacial score (nSPS) is 17.2. The highest BCUT2D eigenvalue weighted by atomic mass is 32.2. The van der Waals surface area contributed by atoms with Crippen LogP contribution in [0, 0.1) is 0 Å². The predicted octanol–water partition coefficient (Wildman–Crippen LogP) is 1.38. The topological polar surface area (TPSA) is 95.1 Å². The summed E-state index contributed by atoms with van der Waals surface area (Å²) < 4.78 is 27.1. The standard InChI is InChI=1S/C22H23N3O5S/c1-2-16-7-9-17(10-8-16)31(29,30)24-13-11-23(12-14-24)20(26)15-25-21(27)18-5-3-4-6-19(18)22(25)28/h3-10H,2,11-15H2,1H3. The fourth-order valence-electron chi connectivity index (χ4n) is 3.84.